The van der Waals surface area contributed by atoms with Crippen LogP contribution < -0.4 is 4.74 Å². The lowest BCUT2D eigenvalue weighted by molar-refractivity contribution is -0.136. The molecule has 31 heavy (non-hydrogen) atoms. The van der Waals surface area contributed by atoms with Crippen molar-refractivity contribution in [3.8, 4) is 5.75 Å². The van der Waals surface area contributed by atoms with E-state index in [4.69, 9.17) is 4.74 Å². The van der Waals surface area contributed by atoms with Crippen LogP contribution >= 0.6 is 15.9 Å². The quantitative estimate of drug-likeness (QED) is 0.612. The molecule has 0 aromatic heterocycles. The van der Waals surface area contributed by atoms with Gasteiger partial charge in [-0.05, 0) is 62.2 Å². The van der Waals surface area contributed by atoms with Crippen LogP contribution in [0.5, 0.6) is 5.75 Å². The van der Waals surface area contributed by atoms with Gasteiger partial charge in [0.2, 0.25) is 5.91 Å². The zero-order chi connectivity index (χ0) is 22.3. The Morgan fingerprint density at radius 2 is 1.68 bits per heavy atom. The first-order chi connectivity index (χ1) is 14.8. The van der Waals surface area contributed by atoms with E-state index in [1.165, 1.54) is 11.1 Å². The lowest BCUT2D eigenvalue weighted by Gasteiger charge is -2.35. The van der Waals surface area contributed by atoms with Crippen molar-refractivity contribution in [1.82, 2.24) is 9.80 Å². The van der Waals surface area contributed by atoms with Crippen molar-refractivity contribution in [2.75, 3.05) is 13.1 Å². The van der Waals surface area contributed by atoms with Crippen LogP contribution in [0.3, 0.4) is 0 Å². The molecular weight excluding hydrogens is 460 g/mol. The number of rotatable bonds is 4. The zero-order valence-electron chi connectivity index (χ0n) is 17.9. The molecule has 0 radical (unpaired) electrons. The summed E-state index contributed by atoms with van der Waals surface area (Å²) in [5, 5.41) is 0. The van der Waals surface area contributed by atoms with Crippen molar-refractivity contribution in [3.63, 3.8) is 0 Å². The topological polar surface area (TPSA) is 66.9 Å². The van der Waals surface area contributed by atoms with Gasteiger partial charge in [0.25, 0.3) is 11.8 Å². The second kappa shape index (κ2) is 8.46. The molecule has 1 unspecified atom stereocenters. The van der Waals surface area contributed by atoms with Crippen LogP contribution in [-0.2, 0) is 4.79 Å². The minimum absolute atomic E-state index is 0.0399. The molecule has 1 atom stereocenters. The van der Waals surface area contributed by atoms with Crippen molar-refractivity contribution in [1.29, 1.82) is 0 Å². The third kappa shape index (κ3) is 4.11. The van der Waals surface area contributed by atoms with Crippen LogP contribution in [0.25, 0.3) is 0 Å². The molecule has 4 rings (SSSR count). The maximum atomic E-state index is 13.1. The number of carbonyl (C=O) groups is 3. The first-order valence-corrected chi connectivity index (χ1v) is 11.3. The summed E-state index contributed by atoms with van der Waals surface area (Å²) < 4.78 is 6.83. The van der Waals surface area contributed by atoms with Crippen molar-refractivity contribution in [3.05, 3.63) is 63.1 Å². The van der Waals surface area contributed by atoms with E-state index in [9.17, 15) is 14.4 Å². The summed E-state index contributed by atoms with van der Waals surface area (Å²) in [7, 11) is 0. The van der Waals surface area contributed by atoms with Crippen molar-refractivity contribution >= 4 is 33.7 Å². The number of fused-ring (bicyclic) bond motifs is 1. The number of aryl methyl sites for hydroxylation is 2. The van der Waals surface area contributed by atoms with Gasteiger partial charge in [-0.25, -0.2) is 0 Å². The van der Waals surface area contributed by atoms with Crippen LogP contribution in [0.4, 0.5) is 0 Å². The normalized spacial score (nSPS) is 17.7. The number of ether oxygens (including phenoxy) is 1. The number of amides is 3. The van der Waals surface area contributed by atoms with Gasteiger partial charge in [0.1, 0.15) is 17.9 Å². The highest BCUT2D eigenvalue weighted by atomic mass is 79.9. The van der Waals surface area contributed by atoms with E-state index >= 15 is 0 Å². The predicted octanol–water partition coefficient (Wildman–Crippen LogP) is 4.12. The highest BCUT2D eigenvalue weighted by molar-refractivity contribution is 9.10. The van der Waals surface area contributed by atoms with E-state index in [2.05, 4.69) is 29.8 Å². The molecule has 7 heteroatoms. The number of likely N-dealkylation sites (tertiary alicyclic amines) is 1. The summed E-state index contributed by atoms with van der Waals surface area (Å²) in [6, 6.07) is 10.2. The molecule has 1 saturated heterocycles. The predicted molar refractivity (Wildman–Crippen MR) is 120 cm³/mol. The highest BCUT2D eigenvalue weighted by Crippen LogP contribution is 2.29. The Hall–Kier alpha value is -2.67. The van der Waals surface area contributed by atoms with Gasteiger partial charge in [0.15, 0.2) is 0 Å². The third-order valence-corrected chi connectivity index (χ3v) is 6.65. The highest BCUT2D eigenvalue weighted by Gasteiger charge is 2.42. The molecule has 2 aliphatic rings. The fourth-order valence-electron chi connectivity index (χ4n) is 4.13. The van der Waals surface area contributed by atoms with Gasteiger partial charge in [-0.3, -0.25) is 19.3 Å². The Labute approximate surface area is 190 Å². The summed E-state index contributed by atoms with van der Waals surface area (Å²) in [4.78, 5) is 41.4. The molecule has 6 nitrogen and oxygen atoms in total. The fraction of sp³-hybridized carbons (Fsp3) is 0.375. The van der Waals surface area contributed by atoms with E-state index < -0.39 is 17.9 Å². The van der Waals surface area contributed by atoms with Gasteiger partial charge in [-0.15, -0.1) is 0 Å². The summed E-state index contributed by atoms with van der Waals surface area (Å²) in [5.74, 6) is -0.201. The lowest BCUT2D eigenvalue weighted by Crippen LogP contribution is -2.52. The number of halogens is 1. The van der Waals surface area contributed by atoms with E-state index in [0.717, 1.165) is 15.1 Å². The van der Waals surface area contributed by atoms with Crippen LogP contribution in [0.15, 0.2) is 40.9 Å². The molecule has 2 aromatic rings. The van der Waals surface area contributed by atoms with Crippen LogP contribution in [-0.4, -0.2) is 52.8 Å². The molecule has 0 aliphatic carbocycles. The van der Waals surface area contributed by atoms with Crippen LogP contribution in [0.2, 0.25) is 0 Å². The number of hydrogen-bond acceptors (Lipinski definition) is 4. The summed E-state index contributed by atoms with van der Waals surface area (Å²) >= 11 is 3.33. The first-order valence-electron chi connectivity index (χ1n) is 10.5. The average molecular weight is 485 g/mol. The molecule has 0 saturated carbocycles. The smallest absolute Gasteiger partial charge is 0.262 e. The minimum atomic E-state index is -0.844. The molecule has 0 N–H and O–H groups in total. The number of hydrogen-bond donors (Lipinski definition) is 0. The monoisotopic (exact) mass is 484 g/mol. The van der Waals surface area contributed by atoms with Crippen molar-refractivity contribution in [2.45, 2.75) is 45.8 Å². The SMILES string of the molecule is Cc1ccc(OC2CCN(C(=O)C(C)N3C(=O)c4ccc(Br)cc4C3=O)CC2)cc1C. The lowest BCUT2D eigenvalue weighted by atomic mass is 10.1. The Morgan fingerprint density at radius 3 is 2.35 bits per heavy atom. The Bertz CT molecular complexity index is 1060. The third-order valence-electron chi connectivity index (χ3n) is 6.16. The number of imide groups is 1. The zero-order valence-corrected chi connectivity index (χ0v) is 19.4. The van der Waals surface area contributed by atoms with Crippen molar-refractivity contribution in [2.24, 2.45) is 0 Å². The molecule has 2 aromatic carbocycles. The van der Waals surface area contributed by atoms with E-state index in [0.29, 0.717) is 37.1 Å². The maximum Gasteiger partial charge on any atom is 0.262 e. The molecule has 3 amide bonds. The summed E-state index contributed by atoms with van der Waals surface area (Å²) in [6.45, 7) is 6.82. The van der Waals surface area contributed by atoms with Gasteiger partial charge in [0, 0.05) is 30.4 Å². The number of carbonyl (C=O) groups excluding carboxylic acids is 3. The van der Waals surface area contributed by atoms with Crippen molar-refractivity contribution < 1.29 is 19.1 Å². The standard InChI is InChI=1S/C24H25BrN2O4/c1-14-4-6-19(12-15(14)2)31-18-8-10-26(11-9-18)22(28)16(3)27-23(29)20-7-5-17(25)13-21(20)24(27)30/h4-7,12-13,16,18H,8-11H2,1-3H3. The first kappa shape index (κ1) is 21.6. The van der Waals surface area contributed by atoms with Gasteiger partial charge < -0.3 is 9.64 Å². The maximum absolute atomic E-state index is 13.1. The Balaban J connectivity index is 1.38. The largest absolute Gasteiger partial charge is 0.490 e. The number of benzene rings is 2. The molecule has 2 heterocycles. The number of nitrogens with zero attached hydrogens (tertiary/aromatic N) is 2. The summed E-state index contributed by atoms with van der Waals surface area (Å²) in [6.07, 6.45) is 1.46. The Kier molecular flexibility index (Phi) is 5.88. The van der Waals surface area contributed by atoms with Gasteiger partial charge in [-0.1, -0.05) is 22.0 Å². The Morgan fingerprint density at radius 1 is 1.00 bits per heavy atom. The van der Waals surface area contributed by atoms with Gasteiger partial charge >= 0.3 is 0 Å². The second-order valence-corrected chi connectivity index (χ2v) is 9.15. The average Bonchev–Trinajstić information content (AvgIpc) is 3.00. The van der Waals surface area contributed by atoms with Crippen LogP contribution in [0, 0.1) is 13.8 Å². The second-order valence-electron chi connectivity index (χ2n) is 8.23. The molecule has 1 fully saturated rings. The molecule has 0 spiro atoms. The minimum Gasteiger partial charge on any atom is -0.490 e. The van der Waals surface area contributed by atoms with E-state index in [-0.39, 0.29) is 12.0 Å². The van der Waals surface area contributed by atoms with E-state index in [1.54, 1.807) is 30.0 Å². The number of piperidine rings is 1. The van der Waals surface area contributed by atoms with E-state index in [1.807, 2.05) is 18.2 Å². The van der Waals surface area contributed by atoms with Crippen LogP contribution in [0.1, 0.15) is 51.6 Å². The molecule has 162 valence electrons. The molecular formula is C24H25BrN2O4. The summed E-state index contributed by atoms with van der Waals surface area (Å²) in [5.41, 5.74) is 3.09. The van der Waals surface area contributed by atoms with Gasteiger partial charge in [0.05, 0.1) is 11.1 Å². The van der Waals surface area contributed by atoms with Gasteiger partial charge in [-0.2, -0.15) is 0 Å². The molecule has 2 aliphatic heterocycles. The fourth-order valence-corrected chi connectivity index (χ4v) is 4.49. The molecule has 0 bridgehead atoms.